The molecule has 0 radical (unpaired) electrons. The quantitative estimate of drug-likeness (QED) is 0.739. The predicted octanol–water partition coefficient (Wildman–Crippen LogP) is 3.03. The van der Waals surface area contributed by atoms with E-state index >= 15 is 0 Å². The van der Waals surface area contributed by atoms with Crippen molar-refractivity contribution in [2.24, 2.45) is 0 Å². The molecule has 2 aromatic rings. The molecule has 0 atom stereocenters. The van der Waals surface area contributed by atoms with Gasteiger partial charge in [-0.15, -0.1) is 0 Å². The van der Waals surface area contributed by atoms with Crippen molar-refractivity contribution >= 4 is 44.8 Å². The summed E-state index contributed by atoms with van der Waals surface area (Å²) in [6, 6.07) is 10.8. The Morgan fingerprint density at radius 2 is 1.68 bits per heavy atom. The molecule has 0 aliphatic carbocycles. The van der Waals surface area contributed by atoms with Crippen LogP contribution in [0.2, 0.25) is 10.0 Å². The van der Waals surface area contributed by atoms with Crippen molar-refractivity contribution in [1.29, 1.82) is 0 Å². The van der Waals surface area contributed by atoms with Crippen molar-refractivity contribution in [3.8, 4) is 5.75 Å². The molecule has 1 N–H and O–H groups in total. The van der Waals surface area contributed by atoms with Crippen LogP contribution in [0.5, 0.6) is 5.75 Å². The van der Waals surface area contributed by atoms with Crippen LogP contribution < -0.4 is 10.1 Å². The number of hydrogen-bond acceptors (Lipinski definition) is 5. The normalized spacial score (nSPS) is 15.2. The summed E-state index contributed by atoms with van der Waals surface area (Å²) in [5, 5.41) is 3.22. The van der Waals surface area contributed by atoms with E-state index in [1.165, 1.54) is 28.6 Å². The monoisotopic (exact) mass is 444 g/mol. The van der Waals surface area contributed by atoms with E-state index in [2.05, 4.69) is 5.32 Å². The van der Waals surface area contributed by atoms with Crippen LogP contribution in [-0.2, 0) is 19.6 Å². The second-order valence-corrected chi connectivity index (χ2v) is 8.67. The molecular weight excluding hydrogens is 427 g/mol. The number of carbonyl (C=O) groups is 1. The van der Waals surface area contributed by atoms with Crippen LogP contribution in [0.4, 0.5) is 5.69 Å². The molecule has 10 heteroatoms. The highest BCUT2D eigenvalue weighted by atomic mass is 35.5. The first-order valence-corrected chi connectivity index (χ1v) is 10.6. The Balaban J connectivity index is 1.59. The second kappa shape index (κ2) is 9.11. The number of benzene rings is 2. The minimum atomic E-state index is -3.57. The number of ether oxygens (including phenoxy) is 2. The largest absolute Gasteiger partial charge is 0.484 e. The molecule has 0 aromatic heterocycles. The van der Waals surface area contributed by atoms with Crippen LogP contribution >= 0.6 is 23.2 Å². The van der Waals surface area contributed by atoms with E-state index in [4.69, 9.17) is 32.7 Å². The minimum absolute atomic E-state index is 0.161. The second-order valence-electron chi connectivity index (χ2n) is 5.92. The number of sulfonamides is 1. The number of rotatable bonds is 6. The summed E-state index contributed by atoms with van der Waals surface area (Å²) in [7, 11) is -3.57. The van der Waals surface area contributed by atoms with Crippen LogP contribution in [-0.4, -0.2) is 51.5 Å². The Morgan fingerprint density at radius 3 is 2.29 bits per heavy atom. The molecule has 1 heterocycles. The molecule has 150 valence electrons. The van der Waals surface area contributed by atoms with Gasteiger partial charge >= 0.3 is 0 Å². The maximum atomic E-state index is 12.6. The van der Waals surface area contributed by atoms with Gasteiger partial charge in [-0.25, -0.2) is 8.42 Å². The third kappa shape index (κ3) is 4.95. The number of amides is 1. The average Bonchev–Trinajstić information content (AvgIpc) is 2.70. The van der Waals surface area contributed by atoms with Gasteiger partial charge in [-0.3, -0.25) is 4.79 Å². The third-order valence-corrected chi connectivity index (χ3v) is 6.57. The van der Waals surface area contributed by atoms with E-state index in [1.54, 1.807) is 18.2 Å². The molecule has 0 unspecified atom stereocenters. The van der Waals surface area contributed by atoms with Gasteiger partial charge in [0.15, 0.2) is 6.61 Å². The summed E-state index contributed by atoms with van der Waals surface area (Å²) in [4.78, 5) is 12.2. The van der Waals surface area contributed by atoms with Crippen LogP contribution in [0.3, 0.4) is 0 Å². The summed E-state index contributed by atoms with van der Waals surface area (Å²) >= 11 is 12.0. The first-order chi connectivity index (χ1) is 13.4. The number of nitrogens with one attached hydrogen (secondary N) is 1. The van der Waals surface area contributed by atoms with Crippen LogP contribution in [0.1, 0.15) is 0 Å². The first kappa shape index (κ1) is 20.9. The lowest BCUT2D eigenvalue weighted by atomic mass is 10.3. The summed E-state index contributed by atoms with van der Waals surface area (Å²) in [6.45, 7) is 1.13. The molecule has 1 aliphatic rings. The molecule has 0 bridgehead atoms. The van der Waals surface area contributed by atoms with Gasteiger partial charge in [0.25, 0.3) is 5.91 Å². The summed E-state index contributed by atoms with van der Waals surface area (Å²) < 4.78 is 37.1. The lowest BCUT2D eigenvalue weighted by Crippen LogP contribution is -2.40. The number of para-hydroxylation sites is 1. The first-order valence-electron chi connectivity index (χ1n) is 8.42. The molecule has 1 amide bonds. The van der Waals surface area contributed by atoms with E-state index in [0.29, 0.717) is 47.8 Å². The number of nitrogens with zero attached hydrogens (tertiary/aromatic N) is 1. The topological polar surface area (TPSA) is 84.9 Å². The molecule has 7 nitrogen and oxygen atoms in total. The Bertz CT molecular complexity index is 925. The fourth-order valence-electron chi connectivity index (χ4n) is 2.59. The van der Waals surface area contributed by atoms with Gasteiger partial charge in [0.1, 0.15) is 5.75 Å². The highest BCUT2D eigenvalue weighted by Gasteiger charge is 2.26. The number of halogens is 2. The van der Waals surface area contributed by atoms with Crippen LogP contribution in [0.15, 0.2) is 47.4 Å². The maximum absolute atomic E-state index is 12.6. The van der Waals surface area contributed by atoms with E-state index in [1.807, 2.05) is 0 Å². The van der Waals surface area contributed by atoms with Crippen molar-refractivity contribution < 1.29 is 22.7 Å². The van der Waals surface area contributed by atoms with Gasteiger partial charge in [-0.2, -0.15) is 4.31 Å². The Morgan fingerprint density at radius 1 is 1.07 bits per heavy atom. The molecule has 28 heavy (non-hydrogen) atoms. The van der Waals surface area contributed by atoms with Crippen molar-refractivity contribution in [3.63, 3.8) is 0 Å². The summed E-state index contributed by atoms with van der Waals surface area (Å²) in [5.41, 5.74) is 0.311. The van der Waals surface area contributed by atoms with Crippen LogP contribution in [0, 0.1) is 0 Å². The molecule has 1 saturated heterocycles. The fourth-order valence-corrected chi connectivity index (χ4v) is 4.49. The standard InChI is InChI=1S/C18H18Cl2N2O5S/c19-15-2-1-3-16(20)18(15)21-17(23)12-27-13-4-6-14(7-5-13)28(24,25)22-8-10-26-11-9-22/h1-7H,8-12H2,(H,21,23). The lowest BCUT2D eigenvalue weighted by molar-refractivity contribution is -0.118. The maximum Gasteiger partial charge on any atom is 0.262 e. The average molecular weight is 445 g/mol. The van der Waals surface area contributed by atoms with Gasteiger partial charge in [0.05, 0.1) is 33.8 Å². The minimum Gasteiger partial charge on any atom is -0.484 e. The molecule has 3 rings (SSSR count). The van der Waals surface area contributed by atoms with E-state index in [0.717, 1.165) is 0 Å². The molecule has 0 spiro atoms. The van der Waals surface area contributed by atoms with E-state index in [9.17, 15) is 13.2 Å². The molecule has 2 aromatic carbocycles. The number of anilines is 1. The molecule has 1 aliphatic heterocycles. The highest BCUT2D eigenvalue weighted by Crippen LogP contribution is 2.29. The number of hydrogen-bond donors (Lipinski definition) is 1. The highest BCUT2D eigenvalue weighted by molar-refractivity contribution is 7.89. The third-order valence-electron chi connectivity index (χ3n) is 4.03. The zero-order valence-corrected chi connectivity index (χ0v) is 17.1. The summed E-state index contributed by atoms with van der Waals surface area (Å²) in [6.07, 6.45) is 0. The van der Waals surface area contributed by atoms with Crippen LogP contribution in [0.25, 0.3) is 0 Å². The van der Waals surface area contributed by atoms with Gasteiger partial charge < -0.3 is 14.8 Å². The zero-order chi connectivity index (χ0) is 20.1. The Hall–Kier alpha value is -1.84. The van der Waals surface area contributed by atoms with Crippen molar-refractivity contribution in [2.75, 3.05) is 38.2 Å². The van der Waals surface area contributed by atoms with Gasteiger partial charge in [-0.1, -0.05) is 29.3 Å². The SMILES string of the molecule is O=C(COc1ccc(S(=O)(=O)N2CCOCC2)cc1)Nc1c(Cl)cccc1Cl. The lowest BCUT2D eigenvalue weighted by Gasteiger charge is -2.26. The van der Waals surface area contributed by atoms with Gasteiger partial charge in [0, 0.05) is 13.1 Å². The van der Waals surface area contributed by atoms with Crippen molar-refractivity contribution in [1.82, 2.24) is 4.31 Å². The Kier molecular flexibility index (Phi) is 6.79. The predicted molar refractivity (Wildman–Crippen MR) is 107 cm³/mol. The van der Waals surface area contributed by atoms with Crippen molar-refractivity contribution in [2.45, 2.75) is 4.90 Å². The Labute approximate surface area is 173 Å². The molecule has 1 fully saturated rings. The van der Waals surface area contributed by atoms with E-state index < -0.39 is 15.9 Å². The van der Waals surface area contributed by atoms with Crippen molar-refractivity contribution in [3.05, 3.63) is 52.5 Å². The van der Waals surface area contributed by atoms with Gasteiger partial charge in [0.2, 0.25) is 10.0 Å². The summed E-state index contributed by atoms with van der Waals surface area (Å²) in [5.74, 6) is -0.0821. The molecule has 0 saturated carbocycles. The number of morpholine rings is 1. The zero-order valence-electron chi connectivity index (χ0n) is 14.7. The van der Waals surface area contributed by atoms with Gasteiger partial charge in [-0.05, 0) is 36.4 Å². The van der Waals surface area contributed by atoms with E-state index in [-0.39, 0.29) is 11.5 Å². The molecular formula is C18H18Cl2N2O5S. The fraction of sp³-hybridized carbons (Fsp3) is 0.278. The smallest absolute Gasteiger partial charge is 0.262 e. The number of carbonyl (C=O) groups excluding carboxylic acids is 1.